The fourth-order valence-electron chi connectivity index (χ4n) is 2.67. The van der Waals surface area contributed by atoms with Crippen molar-refractivity contribution in [1.82, 2.24) is 9.88 Å². The first-order chi connectivity index (χ1) is 9.24. The monoisotopic (exact) mass is 262 g/mol. The maximum absolute atomic E-state index is 4.37. The highest BCUT2D eigenvalue weighted by atomic mass is 15.3. The molecule has 19 heavy (non-hydrogen) atoms. The zero-order valence-electron chi connectivity index (χ0n) is 12.4. The Hall–Kier alpha value is -1.29. The zero-order valence-corrected chi connectivity index (χ0v) is 12.4. The summed E-state index contributed by atoms with van der Waals surface area (Å²) >= 11 is 0. The molecule has 0 spiro atoms. The molecule has 0 bridgehead atoms. The summed E-state index contributed by atoms with van der Waals surface area (Å²) in [5.74, 6) is 0.991. The van der Waals surface area contributed by atoms with Crippen molar-refractivity contribution in [2.45, 2.75) is 33.2 Å². The molecule has 1 unspecified atom stereocenters. The largest absolute Gasteiger partial charge is 0.370 e. The lowest BCUT2D eigenvalue weighted by Gasteiger charge is -2.40. The van der Waals surface area contributed by atoms with Crippen molar-refractivity contribution in [3.05, 3.63) is 18.3 Å². The second-order valence-corrected chi connectivity index (χ2v) is 5.25. The quantitative estimate of drug-likeness (QED) is 0.883. The van der Waals surface area contributed by atoms with Gasteiger partial charge < -0.3 is 10.2 Å². The van der Waals surface area contributed by atoms with Gasteiger partial charge in [0.25, 0.3) is 0 Å². The van der Waals surface area contributed by atoms with Crippen LogP contribution in [-0.4, -0.2) is 48.6 Å². The predicted octanol–water partition coefficient (Wildman–Crippen LogP) is 2.43. The van der Waals surface area contributed by atoms with E-state index in [9.17, 15) is 0 Å². The zero-order chi connectivity index (χ0) is 13.7. The van der Waals surface area contributed by atoms with E-state index < -0.39 is 0 Å². The molecule has 1 aromatic heterocycles. The number of hydrogen-bond acceptors (Lipinski definition) is 4. The minimum absolute atomic E-state index is 0.624. The number of nitrogens with zero attached hydrogens (tertiary/aromatic N) is 3. The summed E-state index contributed by atoms with van der Waals surface area (Å²) < 4.78 is 0. The van der Waals surface area contributed by atoms with Crippen molar-refractivity contribution in [2.24, 2.45) is 0 Å². The van der Waals surface area contributed by atoms with Crippen LogP contribution < -0.4 is 10.2 Å². The fourth-order valence-corrected chi connectivity index (χ4v) is 2.67. The van der Waals surface area contributed by atoms with E-state index in [4.69, 9.17) is 0 Å². The summed E-state index contributed by atoms with van der Waals surface area (Å²) in [4.78, 5) is 9.38. The Balaban J connectivity index is 2.02. The van der Waals surface area contributed by atoms with E-state index in [1.165, 1.54) is 5.69 Å². The number of rotatable bonds is 5. The van der Waals surface area contributed by atoms with Gasteiger partial charge in [0.2, 0.25) is 0 Å². The molecule has 1 saturated heterocycles. The molecule has 1 atom stereocenters. The minimum atomic E-state index is 0.624. The van der Waals surface area contributed by atoms with Crippen LogP contribution in [0, 0.1) is 0 Å². The Morgan fingerprint density at radius 1 is 1.37 bits per heavy atom. The highest BCUT2D eigenvalue weighted by Crippen LogP contribution is 2.21. The summed E-state index contributed by atoms with van der Waals surface area (Å²) in [5, 5.41) is 3.36. The lowest BCUT2D eigenvalue weighted by Crippen LogP contribution is -2.51. The molecule has 1 aliphatic heterocycles. The van der Waals surface area contributed by atoms with Gasteiger partial charge in [0.15, 0.2) is 0 Å². The maximum atomic E-state index is 4.37. The molecule has 2 heterocycles. The smallest absolute Gasteiger partial charge is 0.127 e. The predicted molar refractivity (Wildman–Crippen MR) is 81.9 cm³/mol. The van der Waals surface area contributed by atoms with Crippen LogP contribution in [0.25, 0.3) is 0 Å². The van der Waals surface area contributed by atoms with E-state index >= 15 is 0 Å². The molecule has 0 aliphatic carbocycles. The topological polar surface area (TPSA) is 31.4 Å². The van der Waals surface area contributed by atoms with Gasteiger partial charge in [0.1, 0.15) is 5.82 Å². The lowest BCUT2D eigenvalue weighted by molar-refractivity contribution is 0.199. The van der Waals surface area contributed by atoms with Gasteiger partial charge in [-0.1, -0.05) is 13.8 Å². The van der Waals surface area contributed by atoms with Gasteiger partial charge in [-0.3, -0.25) is 4.90 Å². The van der Waals surface area contributed by atoms with Gasteiger partial charge in [0, 0.05) is 50.2 Å². The van der Waals surface area contributed by atoms with Gasteiger partial charge in [-0.05, 0) is 26.0 Å². The summed E-state index contributed by atoms with van der Waals surface area (Å²) in [6, 6.07) is 4.91. The molecule has 4 nitrogen and oxygen atoms in total. The molecule has 1 aliphatic rings. The van der Waals surface area contributed by atoms with E-state index in [1.807, 2.05) is 6.20 Å². The van der Waals surface area contributed by atoms with Crippen LogP contribution >= 0.6 is 0 Å². The Kier molecular flexibility index (Phi) is 5.02. The third-order valence-corrected chi connectivity index (χ3v) is 3.84. The molecular weight excluding hydrogens is 236 g/mol. The Morgan fingerprint density at radius 3 is 2.89 bits per heavy atom. The van der Waals surface area contributed by atoms with Gasteiger partial charge in [-0.2, -0.15) is 0 Å². The van der Waals surface area contributed by atoms with Crippen molar-refractivity contribution in [1.29, 1.82) is 0 Å². The van der Waals surface area contributed by atoms with E-state index in [2.05, 4.69) is 53.0 Å². The standard InChI is InChI=1S/C15H26N4/c1-4-7-16-15-11-14(6-8-17-15)19-10-9-18(5-2)13(3)12-19/h6,8,11,13H,4-5,7,9-10,12H2,1-3H3,(H,16,17). The van der Waals surface area contributed by atoms with Crippen LogP contribution in [0.5, 0.6) is 0 Å². The van der Waals surface area contributed by atoms with E-state index in [1.54, 1.807) is 0 Å². The minimum Gasteiger partial charge on any atom is -0.370 e. The van der Waals surface area contributed by atoms with Crippen LogP contribution in [0.2, 0.25) is 0 Å². The summed E-state index contributed by atoms with van der Waals surface area (Å²) in [6.07, 6.45) is 3.03. The molecular formula is C15H26N4. The van der Waals surface area contributed by atoms with Crippen LogP contribution in [-0.2, 0) is 0 Å². The third-order valence-electron chi connectivity index (χ3n) is 3.84. The third kappa shape index (κ3) is 3.60. The van der Waals surface area contributed by atoms with E-state index in [0.717, 1.165) is 45.0 Å². The molecule has 106 valence electrons. The molecule has 0 aromatic carbocycles. The van der Waals surface area contributed by atoms with Crippen LogP contribution in [0.3, 0.4) is 0 Å². The number of pyridine rings is 1. The van der Waals surface area contributed by atoms with Gasteiger partial charge >= 0.3 is 0 Å². The summed E-state index contributed by atoms with van der Waals surface area (Å²) in [7, 11) is 0. The molecule has 4 heteroatoms. The van der Waals surface area contributed by atoms with E-state index in [0.29, 0.717) is 6.04 Å². The van der Waals surface area contributed by atoms with Gasteiger partial charge in [-0.25, -0.2) is 4.98 Å². The molecule has 0 amide bonds. The van der Waals surface area contributed by atoms with Crippen molar-refractivity contribution in [3.63, 3.8) is 0 Å². The van der Waals surface area contributed by atoms with E-state index in [-0.39, 0.29) is 0 Å². The number of hydrogen-bond donors (Lipinski definition) is 1. The lowest BCUT2D eigenvalue weighted by atomic mass is 10.1. The first kappa shape index (κ1) is 14.1. The highest BCUT2D eigenvalue weighted by molar-refractivity contribution is 5.54. The van der Waals surface area contributed by atoms with Crippen molar-refractivity contribution < 1.29 is 0 Å². The number of nitrogens with one attached hydrogen (secondary N) is 1. The van der Waals surface area contributed by atoms with Gasteiger partial charge in [0.05, 0.1) is 0 Å². The molecule has 0 radical (unpaired) electrons. The Bertz CT molecular complexity index is 393. The highest BCUT2D eigenvalue weighted by Gasteiger charge is 2.22. The van der Waals surface area contributed by atoms with Crippen molar-refractivity contribution >= 4 is 11.5 Å². The first-order valence-electron chi connectivity index (χ1n) is 7.43. The summed E-state index contributed by atoms with van der Waals surface area (Å²) in [5.41, 5.74) is 1.29. The number of anilines is 2. The number of likely N-dealkylation sites (N-methyl/N-ethyl adjacent to an activating group) is 1. The molecule has 2 rings (SSSR count). The van der Waals surface area contributed by atoms with Crippen LogP contribution in [0.15, 0.2) is 18.3 Å². The average Bonchev–Trinajstić information content (AvgIpc) is 2.45. The molecule has 1 aromatic rings. The van der Waals surface area contributed by atoms with Crippen LogP contribution in [0.1, 0.15) is 27.2 Å². The van der Waals surface area contributed by atoms with Crippen LogP contribution in [0.4, 0.5) is 11.5 Å². The normalized spacial score (nSPS) is 20.6. The Morgan fingerprint density at radius 2 is 2.21 bits per heavy atom. The van der Waals surface area contributed by atoms with Crippen molar-refractivity contribution in [2.75, 3.05) is 42.9 Å². The second-order valence-electron chi connectivity index (χ2n) is 5.25. The fraction of sp³-hybridized carbons (Fsp3) is 0.667. The van der Waals surface area contributed by atoms with Crippen molar-refractivity contribution in [3.8, 4) is 0 Å². The summed E-state index contributed by atoms with van der Waals surface area (Å²) in [6.45, 7) is 12.2. The number of piperazine rings is 1. The van der Waals surface area contributed by atoms with Gasteiger partial charge in [-0.15, -0.1) is 0 Å². The SMILES string of the molecule is CCCNc1cc(N2CCN(CC)C(C)C2)ccn1. The average molecular weight is 262 g/mol. The second kappa shape index (κ2) is 6.75. The Labute approximate surface area is 116 Å². The first-order valence-corrected chi connectivity index (χ1v) is 7.43. The molecule has 1 fully saturated rings. The number of aromatic nitrogens is 1. The molecule has 0 saturated carbocycles. The molecule has 1 N–H and O–H groups in total. The maximum Gasteiger partial charge on any atom is 0.127 e.